The molecule has 8 heteroatoms. The number of carbonyl (C=O) groups is 1. The van der Waals surface area contributed by atoms with Crippen LogP contribution in [-0.2, 0) is 4.79 Å². The molecule has 1 amide bonds. The van der Waals surface area contributed by atoms with Crippen LogP contribution in [0.1, 0.15) is 5.69 Å². The van der Waals surface area contributed by atoms with E-state index in [0.717, 1.165) is 21.3 Å². The molecule has 0 saturated heterocycles. The molecular weight excluding hydrogens is 354 g/mol. The van der Waals surface area contributed by atoms with Crippen molar-refractivity contribution < 1.29 is 4.79 Å². The van der Waals surface area contributed by atoms with E-state index in [-0.39, 0.29) is 11.7 Å². The van der Waals surface area contributed by atoms with Crippen LogP contribution in [0.15, 0.2) is 58.8 Å². The summed E-state index contributed by atoms with van der Waals surface area (Å²) in [5, 5.41) is 7.86. The van der Waals surface area contributed by atoms with Gasteiger partial charge in [-0.25, -0.2) is 14.6 Å². The molecular formula is C17H17N5OS2. The Morgan fingerprint density at radius 3 is 2.88 bits per heavy atom. The molecule has 0 fully saturated rings. The molecule has 25 heavy (non-hydrogen) atoms. The van der Waals surface area contributed by atoms with Gasteiger partial charge < -0.3 is 5.32 Å². The molecule has 128 valence electrons. The van der Waals surface area contributed by atoms with Gasteiger partial charge in [0.25, 0.3) is 0 Å². The van der Waals surface area contributed by atoms with Crippen LogP contribution in [0.3, 0.4) is 0 Å². The summed E-state index contributed by atoms with van der Waals surface area (Å²) in [5.74, 6) is 0.893. The van der Waals surface area contributed by atoms with Gasteiger partial charge in [0.1, 0.15) is 11.4 Å². The summed E-state index contributed by atoms with van der Waals surface area (Å²) in [4.78, 5) is 21.7. The minimum Gasteiger partial charge on any atom is -0.325 e. The second-order valence-electron chi connectivity index (χ2n) is 5.17. The summed E-state index contributed by atoms with van der Waals surface area (Å²) in [5.41, 5.74) is 1.79. The van der Waals surface area contributed by atoms with Gasteiger partial charge in [-0.15, -0.1) is 11.8 Å². The molecule has 2 heterocycles. The average Bonchev–Trinajstić information content (AvgIpc) is 3.06. The SMILES string of the molecule is CSc1cccc(NC(=O)CSc2cc(-n3nccc3C)ncn2)c1. The van der Waals surface area contributed by atoms with E-state index >= 15 is 0 Å². The molecule has 3 aromatic rings. The largest absolute Gasteiger partial charge is 0.325 e. The Kier molecular flexibility index (Phi) is 5.72. The first kappa shape index (κ1) is 17.5. The summed E-state index contributed by atoms with van der Waals surface area (Å²) in [6, 6.07) is 11.5. The maximum absolute atomic E-state index is 12.2. The second kappa shape index (κ2) is 8.17. The van der Waals surface area contributed by atoms with E-state index in [4.69, 9.17) is 0 Å². The van der Waals surface area contributed by atoms with Crippen LogP contribution < -0.4 is 5.32 Å². The van der Waals surface area contributed by atoms with E-state index in [0.29, 0.717) is 5.82 Å². The van der Waals surface area contributed by atoms with Crippen LogP contribution in [0.4, 0.5) is 5.69 Å². The number of aromatic nitrogens is 4. The Bertz CT molecular complexity index is 881. The number of nitrogens with zero attached hydrogens (tertiary/aromatic N) is 4. The normalized spacial score (nSPS) is 10.6. The van der Waals surface area contributed by atoms with Crippen molar-refractivity contribution in [2.75, 3.05) is 17.3 Å². The molecule has 1 N–H and O–H groups in total. The lowest BCUT2D eigenvalue weighted by Crippen LogP contribution is -2.14. The lowest BCUT2D eigenvalue weighted by Gasteiger charge is -2.07. The van der Waals surface area contributed by atoms with E-state index < -0.39 is 0 Å². The highest BCUT2D eigenvalue weighted by atomic mass is 32.2. The highest BCUT2D eigenvalue weighted by molar-refractivity contribution is 8.00. The zero-order valence-electron chi connectivity index (χ0n) is 13.8. The fraction of sp³-hybridized carbons (Fsp3) is 0.176. The molecule has 0 radical (unpaired) electrons. The quantitative estimate of drug-likeness (QED) is 0.529. The number of carbonyl (C=O) groups excluding carboxylic acids is 1. The molecule has 2 aromatic heterocycles. The van der Waals surface area contributed by atoms with Crippen LogP contribution in [0.2, 0.25) is 0 Å². The number of thioether (sulfide) groups is 2. The second-order valence-corrected chi connectivity index (χ2v) is 7.04. The predicted molar refractivity (Wildman–Crippen MR) is 101 cm³/mol. The molecule has 6 nitrogen and oxygen atoms in total. The molecule has 0 saturated carbocycles. The van der Waals surface area contributed by atoms with E-state index in [1.54, 1.807) is 22.6 Å². The van der Waals surface area contributed by atoms with E-state index in [9.17, 15) is 4.79 Å². The summed E-state index contributed by atoms with van der Waals surface area (Å²) in [6.45, 7) is 1.96. The molecule has 0 spiro atoms. The molecule has 0 aliphatic heterocycles. The van der Waals surface area contributed by atoms with Gasteiger partial charge in [0.15, 0.2) is 5.82 Å². The Balaban J connectivity index is 1.61. The monoisotopic (exact) mass is 371 g/mol. The van der Waals surface area contributed by atoms with Crippen LogP contribution >= 0.6 is 23.5 Å². The Labute approximate surface area is 154 Å². The van der Waals surface area contributed by atoms with E-state index in [1.807, 2.05) is 49.6 Å². The first-order valence-electron chi connectivity index (χ1n) is 7.55. The molecule has 0 aliphatic rings. The highest BCUT2D eigenvalue weighted by Gasteiger charge is 2.08. The summed E-state index contributed by atoms with van der Waals surface area (Å²) < 4.78 is 1.74. The fourth-order valence-corrected chi connectivity index (χ4v) is 3.29. The number of amides is 1. The van der Waals surface area contributed by atoms with Crippen molar-refractivity contribution >= 4 is 35.1 Å². The zero-order chi connectivity index (χ0) is 17.6. The van der Waals surface area contributed by atoms with Crippen LogP contribution in [0, 0.1) is 6.92 Å². The summed E-state index contributed by atoms with van der Waals surface area (Å²) in [7, 11) is 0. The van der Waals surface area contributed by atoms with Crippen LogP contribution in [0.25, 0.3) is 5.82 Å². The molecule has 0 bridgehead atoms. The zero-order valence-corrected chi connectivity index (χ0v) is 15.5. The number of nitrogens with one attached hydrogen (secondary N) is 1. The third kappa shape index (κ3) is 4.61. The number of anilines is 1. The van der Waals surface area contributed by atoms with Crippen molar-refractivity contribution in [2.24, 2.45) is 0 Å². The van der Waals surface area contributed by atoms with Crippen molar-refractivity contribution in [3.05, 3.63) is 54.6 Å². The Morgan fingerprint density at radius 2 is 2.12 bits per heavy atom. The minimum atomic E-state index is -0.0707. The third-order valence-electron chi connectivity index (χ3n) is 3.38. The third-order valence-corrected chi connectivity index (χ3v) is 5.03. The molecule has 1 aromatic carbocycles. The van der Waals surface area contributed by atoms with Crippen molar-refractivity contribution in [1.29, 1.82) is 0 Å². The van der Waals surface area contributed by atoms with Crippen molar-refractivity contribution in [2.45, 2.75) is 16.8 Å². The Morgan fingerprint density at radius 1 is 1.24 bits per heavy atom. The Hall–Kier alpha value is -2.32. The van der Waals surface area contributed by atoms with E-state index in [1.165, 1.54) is 18.1 Å². The minimum absolute atomic E-state index is 0.0707. The van der Waals surface area contributed by atoms with Crippen LogP contribution in [-0.4, -0.2) is 37.7 Å². The van der Waals surface area contributed by atoms with Gasteiger partial charge in [-0.2, -0.15) is 5.10 Å². The topological polar surface area (TPSA) is 72.7 Å². The lowest BCUT2D eigenvalue weighted by molar-refractivity contribution is -0.113. The molecule has 0 unspecified atom stereocenters. The van der Waals surface area contributed by atoms with Gasteiger partial charge in [0.05, 0.1) is 5.75 Å². The number of benzene rings is 1. The van der Waals surface area contributed by atoms with Gasteiger partial charge in [-0.05, 0) is 37.4 Å². The molecule has 0 aliphatic carbocycles. The van der Waals surface area contributed by atoms with E-state index in [2.05, 4.69) is 20.4 Å². The van der Waals surface area contributed by atoms with Crippen LogP contribution in [0.5, 0.6) is 0 Å². The lowest BCUT2D eigenvalue weighted by atomic mass is 10.3. The standard InChI is InChI=1S/C17H17N5OS2/c1-12-6-7-20-22(12)15-9-17(19-11-18-15)25-10-16(23)21-13-4-3-5-14(8-13)24-2/h3-9,11H,10H2,1-2H3,(H,21,23). The number of hydrogen-bond donors (Lipinski definition) is 1. The maximum atomic E-state index is 12.2. The first-order chi connectivity index (χ1) is 12.2. The van der Waals surface area contributed by atoms with Gasteiger partial charge >= 0.3 is 0 Å². The predicted octanol–water partition coefficient (Wildman–Crippen LogP) is 3.42. The first-order valence-corrected chi connectivity index (χ1v) is 9.76. The van der Waals surface area contributed by atoms with Crippen molar-refractivity contribution in [3.8, 4) is 5.82 Å². The highest BCUT2D eigenvalue weighted by Crippen LogP contribution is 2.20. The van der Waals surface area contributed by atoms with Gasteiger partial charge in [-0.1, -0.05) is 17.8 Å². The summed E-state index contributed by atoms with van der Waals surface area (Å²) >= 11 is 3.01. The van der Waals surface area contributed by atoms with Crippen molar-refractivity contribution in [1.82, 2.24) is 19.7 Å². The number of aryl methyl sites for hydroxylation is 1. The van der Waals surface area contributed by atoms with Crippen molar-refractivity contribution in [3.63, 3.8) is 0 Å². The van der Waals surface area contributed by atoms with Gasteiger partial charge in [-0.3, -0.25) is 4.79 Å². The van der Waals surface area contributed by atoms with Gasteiger partial charge in [0.2, 0.25) is 5.91 Å². The summed E-state index contributed by atoms with van der Waals surface area (Å²) in [6.07, 6.45) is 5.21. The molecule has 0 atom stereocenters. The smallest absolute Gasteiger partial charge is 0.234 e. The average molecular weight is 371 g/mol. The number of hydrogen-bond acceptors (Lipinski definition) is 6. The maximum Gasteiger partial charge on any atom is 0.234 e. The van der Waals surface area contributed by atoms with Gasteiger partial charge in [0, 0.05) is 28.5 Å². The molecule has 3 rings (SSSR count). The fourth-order valence-electron chi connectivity index (χ4n) is 2.17. The number of rotatable bonds is 6.